The van der Waals surface area contributed by atoms with Crippen LogP contribution in [-0.2, 0) is 6.54 Å². The van der Waals surface area contributed by atoms with Crippen molar-refractivity contribution in [3.8, 4) is 0 Å². The van der Waals surface area contributed by atoms with Gasteiger partial charge in [-0.15, -0.1) is 0 Å². The minimum atomic E-state index is -0.227. The number of hydrogen-bond donors (Lipinski definition) is 3. The molecule has 0 spiro atoms. The van der Waals surface area contributed by atoms with Crippen LogP contribution < -0.4 is 16.6 Å². The van der Waals surface area contributed by atoms with Crippen LogP contribution in [0.1, 0.15) is 28.8 Å². The summed E-state index contributed by atoms with van der Waals surface area (Å²) in [6.45, 7) is 2.91. The highest BCUT2D eigenvalue weighted by molar-refractivity contribution is 5.95. The van der Waals surface area contributed by atoms with Crippen molar-refractivity contribution in [3.63, 3.8) is 0 Å². The zero-order valence-electron chi connectivity index (χ0n) is 11.4. The molecule has 0 aromatic heterocycles. The third-order valence-electron chi connectivity index (χ3n) is 3.74. The predicted octanol–water partition coefficient (Wildman–Crippen LogP) is 0.474. The molecule has 1 aliphatic heterocycles. The van der Waals surface area contributed by atoms with Crippen LogP contribution in [0.25, 0.3) is 0 Å². The predicted molar refractivity (Wildman–Crippen MR) is 75.5 cm³/mol. The molecule has 5 heteroatoms. The van der Waals surface area contributed by atoms with Crippen molar-refractivity contribution in [2.75, 3.05) is 20.1 Å². The number of piperidine rings is 1. The quantitative estimate of drug-likeness (QED) is 0.419. The second kappa shape index (κ2) is 6.65. The van der Waals surface area contributed by atoms with Gasteiger partial charge in [0.25, 0.3) is 5.91 Å². The molecule has 1 amide bonds. The monoisotopic (exact) mass is 262 g/mol. The molecule has 0 aliphatic carbocycles. The Morgan fingerprint density at radius 2 is 2.11 bits per heavy atom. The first-order valence-corrected chi connectivity index (χ1v) is 6.72. The Labute approximate surface area is 114 Å². The molecule has 4 N–H and O–H groups in total. The van der Waals surface area contributed by atoms with Crippen molar-refractivity contribution in [3.05, 3.63) is 35.4 Å². The third-order valence-corrected chi connectivity index (χ3v) is 3.74. The summed E-state index contributed by atoms with van der Waals surface area (Å²) in [5.74, 6) is 5.00. The summed E-state index contributed by atoms with van der Waals surface area (Å²) in [5, 5.41) is 3.36. The lowest BCUT2D eigenvalue weighted by Crippen LogP contribution is -2.41. The summed E-state index contributed by atoms with van der Waals surface area (Å²) < 4.78 is 0. The van der Waals surface area contributed by atoms with Crippen molar-refractivity contribution in [1.29, 1.82) is 0 Å². The zero-order valence-corrected chi connectivity index (χ0v) is 11.4. The number of nitrogens with zero attached hydrogens (tertiary/aromatic N) is 1. The Morgan fingerprint density at radius 1 is 1.42 bits per heavy atom. The van der Waals surface area contributed by atoms with E-state index in [1.807, 2.05) is 24.3 Å². The maximum Gasteiger partial charge on any atom is 0.265 e. The molecule has 1 aliphatic rings. The maximum atomic E-state index is 11.7. The van der Waals surface area contributed by atoms with Crippen LogP contribution in [-0.4, -0.2) is 37.0 Å². The van der Waals surface area contributed by atoms with Crippen LogP contribution in [0.2, 0.25) is 0 Å². The molecule has 2 rings (SSSR count). The van der Waals surface area contributed by atoms with Gasteiger partial charge in [0.15, 0.2) is 0 Å². The first-order valence-electron chi connectivity index (χ1n) is 6.72. The van der Waals surface area contributed by atoms with E-state index < -0.39 is 0 Å². The van der Waals surface area contributed by atoms with E-state index in [0.29, 0.717) is 11.6 Å². The lowest BCUT2D eigenvalue weighted by Gasteiger charge is -2.32. The number of hydrazine groups is 1. The molecule has 0 unspecified atom stereocenters. The average Bonchev–Trinajstić information content (AvgIpc) is 2.48. The molecule has 5 nitrogen and oxygen atoms in total. The number of nitrogens with two attached hydrogens (primary N) is 1. The van der Waals surface area contributed by atoms with Crippen LogP contribution in [0.5, 0.6) is 0 Å². The lowest BCUT2D eigenvalue weighted by molar-refractivity contribution is 0.0951. The molecule has 1 aromatic rings. The summed E-state index contributed by atoms with van der Waals surface area (Å²) >= 11 is 0. The lowest BCUT2D eigenvalue weighted by atomic mass is 10.0. The van der Waals surface area contributed by atoms with E-state index in [9.17, 15) is 4.79 Å². The zero-order chi connectivity index (χ0) is 13.7. The highest BCUT2D eigenvalue weighted by Gasteiger charge is 2.19. The number of amides is 1. The van der Waals surface area contributed by atoms with Crippen molar-refractivity contribution >= 4 is 5.91 Å². The Balaban J connectivity index is 2.07. The van der Waals surface area contributed by atoms with E-state index in [4.69, 9.17) is 5.84 Å². The Bertz CT molecular complexity index is 429. The molecule has 0 saturated carbocycles. The minimum Gasteiger partial charge on any atom is -0.317 e. The van der Waals surface area contributed by atoms with Gasteiger partial charge >= 0.3 is 0 Å². The first-order chi connectivity index (χ1) is 9.22. The molecule has 1 saturated heterocycles. The largest absolute Gasteiger partial charge is 0.317 e. The van der Waals surface area contributed by atoms with E-state index in [2.05, 4.69) is 22.7 Å². The summed E-state index contributed by atoms with van der Waals surface area (Å²) in [7, 11) is 2.12. The number of carbonyl (C=O) groups is 1. The molecule has 0 radical (unpaired) electrons. The van der Waals surface area contributed by atoms with Gasteiger partial charge in [-0.1, -0.05) is 18.2 Å². The molecule has 0 bridgehead atoms. The molecular weight excluding hydrogens is 240 g/mol. The first kappa shape index (κ1) is 14.0. The molecule has 1 fully saturated rings. The van der Waals surface area contributed by atoms with E-state index in [1.165, 1.54) is 0 Å². The van der Waals surface area contributed by atoms with Gasteiger partial charge in [0.05, 0.1) is 0 Å². The van der Waals surface area contributed by atoms with Crippen LogP contribution in [0.3, 0.4) is 0 Å². The third kappa shape index (κ3) is 3.53. The van der Waals surface area contributed by atoms with Crippen LogP contribution >= 0.6 is 0 Å². The van der Waals surface area contributed by atoms with Gasteiger partial charge in [0.2, 0.25) is 0 Å². The highest BCUT2D eigenvalue weighted by Crippen LogP contribution is 2.16. The summed E-state index contributed by atoms with van der Waals surface area (Å²) in [6.07, 6.45) is 2.31. The smallest absolute Gasteiger partial charge is 0.265 e. The number of benzene rings is 1. The number of carbonyl (C=O) groups excluding carboxylic acids is 1. The number of rotatable bonds is 4. The van der Waals surface area contributed by atoms with Crippen molar-refractivity contribution in [1.82, 2.24) is 15.6 Å². The summed E-state index contributed by atoms with van der Waals surface area (Å²) in [5.41, 5.74) is 3.89. The van der Waals surface area contributed by atoms with E-state index >= 15 is 0 Å². The van der Waals surface area contributed by atoms with E-state index in [0.717, 1.165) is 38.0 Å². The van der Waals surface area contributed by atoms with Crippen LogP contribution in [0.15, 0.2) is 24.3 Å². The normalized spacial score (nSPS) is 16.6. The maximum absolute atomic E-state index is 11.7. The highest BCUT2D eigenvalue weighted by atomic mass is 16.2. The van der Waals surface area contributed by atoms with Crippen molar-refractivity contribution < 1.29 is 4.79 Å². The molecule has 0 atom stereocenters. The van der Waals surface area contributed by atoms with E-state index in [-0.39, 0.29) is 5.91 Å². The summed E-state index contributed by atoms with van der Waals surface area (Å²) in [6, 6.07) is 8.20. The Hall–Kier alpha value is -1.43. The van der Waals surface area contributed by atoms with Gasteiger partial charge in [0.1, 0.15) is 0 Å². The van der Waals surface area contributed by atoms with Gasteiger partial charge < -0.3 is 5.32 Å². The van der Waals surface area contributed by atoms with Gasteiger partial charge in [-0.25, -0.2) is 5.84 Å². The Morgan fingerprint density at radius 3 is 2.79 bits per heavy atom. The number of nitrogen functional groups attached to an aromatic ring is 1. The molecular formula is C14H22N4O. The van der Waals surface area contributed by atoms with E-state index in [1.54, 1.807) is 0 Å². The fraction of sp³-hybridized carbons (Fsp3) is 0.500. The van der Waals surface area contributed by atoms with Crippen LogP contribution in [0, 0.1) is 0 Å². The average molecular weight is 262 g/mol. The van der Waals surface area contributed by atoms with Gasteiger partial charge in [0, 0.05) is 18.2 Å². The SMILES string of the molecule is CN(Cc1ccccc1C(=O)NN)C1CCNCC1. The standard InChI is InChI=1S/C14H22N4O/c1-18(12-6-8-16-9-7-12)10-11-4-2-3-5-13(11)14(19)17-15/h2-5,12,16H,6-10,15H2,1H3,(H,17,19). The fourth-order valence-corrected chi connectivity index (χ4v) is 2.60. The fourth-order valence-electron chi connectivity index (χ4n) is 2.60. The molecule has 104 valence electrons. The number of hydrogen-bond acceptors (Lipinski definition) is 4. The molecule has 1 heterocycles. The Kier molecular flexibility index (Phi) is 4.90. The second-order valence-corrected chi connectivity index (χ2v) is 5.03. The van der Waals surface area contributed by atoms with Gasteiger partial charge in [-0.05, 0) is 44.6 Å². The number of nitrogens with one attached hydrogen (secondary N) is 2. The van der Waals surface area contributed by atoms with Gasteiger partial charge in [-0.2, -0.15) is 0 Å². The van der Waals surface area contributed by atoms with Crippen LogP contribution in [0.4, 0.5) is 0 Å². The topological polar surface area (TPSA) is 70.4 Å². The summed E-state index contributed by atoms with van der Waals surface area (Å²) in [4.78, 5) is 14.1. The molecule has 1 aromatic carbocycles. The molecule has 19 heavy (non-hydrogen) atoms. The van der Waals surface area contributed by atoms with Crippen molar-refractivity contribution in [2.45, 2.75) is 25.4 Å². The second-order valence-electron chi connectivity index (χ2n) is 5.03. The van der Waals surface area contributed by atoms with Crippen molar-refractivity contribution in [2.24, 2.45) is 5.84 Å². The minimum absolute atomic E-state index is 0.227. The van der Waals surface area contributed by atoms with Gasteiger partial charge in [-0.3, -0.25) is 15.1 Å².